The Morgan fingerprint density at radius 1 is 1.54 bits per heavy atom. The number of halogens is 1. The van der Waals surface area contributed by atoms with Gasteiger partial charge in [0.05, 0.1) is 28.8 Å². The van der Waals surface area contributed by atoms with Crippen LogP contribution in [0.15, 0.2) is 0 Å². The largest absolute Gasteiger partial charge is 0.390 e. The van der Waals surface area contributed by atoms with Gasteiger partial charge in [-0.3, -0.25) is 0 Å². The summed E-state index contributed by atoms with van der Waals surface area (Å²) < 4.78 is 9.89. The Morgan fingerprint density at radius 3 is 2.69 bits per heavy atom. The van der Waals surface area contributed by atoms with Gasteiger partial charge in [-0.25, -0.2) is 0 Å². The molecule has 1 rings (SSSR count). The number of nitrogens with two attached hydrogens (primary N) is 1. The lowest BCUT2D eigenvalue weighted by Crippen LogP contribution is -2.59. The lowest BCUT2D eigenvalue weighted by atomic mass is 10.0. The molecule has 0 amide bonds. The van der Waals surface area contributed by atoms with Crippen molar-refractivity contribution in [3.05, 3.63) is 0 Å². The molecule has 5 unspecified atom stereocenters. The lowest BCUT2D eigenvalue weighted by molar-refractivity contribution is -0.203. The van der Waals surface area contributed by atoms with Crippen LogP contribution in [0.5, 0.6) is 0 Å². The van der Waals surface area contributed by atoms with Crippen LogP contribution in [0.2, 0.25) is 0 Å². The third kappa shape index (κ3) is 2.51. The number of aliphatic hydroxyl groups is 2. The zero-order valence-corrected chi connectivity index (χ0v) is 9.42. The zero-order valence-electron chi connectivity index (χ0n) is 7.26. The first kappa shape index (κ1) is 11.6. The summed E-state index contributed by atoms with van der Waals surface area (Å²) in [6, 6.07) is -0.741. The van der Waals surface area contributed by atoms with Crippen molar-refractivity contribution in [1.82, 2.24) is 0 Å². The highest BCUT2D eigenvalue weighted by atomic mass is 127. The van der Waals surface area contributed by atoms with Crippen LogP contribution < -0.4 is 5.73 Å². The molecule has 0 aromatic heterocycles. The summed E-state index contributed by atoms with van der Waals surface area (Å²) in [5, 5.41) is 18.9. The van der Waals surface area contributed by atoms with Gasteiger partial charge in [-0.15, -0.1) is 0 Å². The Kier molecular flexibility index (Phi) is 4.33. The van der Waals surface area contributed by atoms with Gasteiger partial charge in [0.2, 0.25) is 0 Å². The summed E-state index contributed by atoms with van der Waals surface area (Å²) in [6.07, 6.45) is -2.18. The van der Waals surface area contributed by atoms with E-state index < -0.39 is 18.4 Å². The molecule has 0 saturated carbocycles. The van der Waals surface area contributed by atoms with E-state index in [0.717, 1.165) is 0 Å². The van der Waals surface area contributed by atoms with Gasteiger partial charge >= 0.3 is 0 Å². The Morgan fingerprint density at radius 2 is 2.15 bits per heavy atom. The normalized spacial score (nSPS) is 46.4. The standard InChI is InChI=1S/C7H14INO4/c1-12-2-3-4(8)6(10)5(9)7(11)13-3/h3-7,10-11H,2,9H2,1H3. The molecule has 5 nitrogen and oxygen atoms in total. The number of hydrogen-bond acceptors (Lipinski definition) is 5. The van der Waals surface area contributed by atoms with Crippen molar-refractivity contribution in [2.24, 2.45) is 5.73 Å². The zero-order chi connectivity index (χ0) is 10.0. The molecule has 5 atom stereocenters. The van der Waals surface area contributed by atoms with Crippen molar-refractivity contribution in [1.29, 1.82) is 0 Å². The van der Waals surface area contributed by atoms with Crippen molar-refractivity contribution in [2.75, 3.05) is 13.7 Å². The van der Waals surface area contributed by atoms with E-state index in [2.05, 4.69) is 0 Å². The van der Waals surface area contributed by atoms with Crippen LogP contribution in [0, 0.1) is 0 Å². The van der Waals surface area contributed by atoms with E-state index in [1.807, 2.05) is 22.6 Å². The van der Waals surface area contributed by atoms with Crippen molar-refractivity contribution in [2.45, 2.75) is 28.5 Å². The monoisotopic (exact) mass is 303 g/mol. The Labute approximate surface area is 90.3 Å². The number of alkyl halides is 1. The van der Waals surface area contributed by atoms with Crippen LogP contribution >= 0.6 is 22.6 Å². The molecule has 1 heterocycles. The van der Waals surface area contributed by atoms with Gasteiger partial charge in [0.25, 0.3) is 0 Å². The first-order valence-electron chi connectivity index (χ1n) is 3.98. The van der Waals surface area contributed by atoms with E-state index in [4.69, 9.17) is 15.2 Å². The summed E-state index contributed by atoms with van der Waals surface area (Å²) in [7, 11) is 1.54. The molecular weight excluding hydrogens is 289 g/mol. The quantitative estimate of drug-likeness (QED) is 0.443. The number of rotatable bonds is 2. The number of methoxy groups -OCH3 is 1. The predicted octanol–water partition coefficient (Wildman–Crippen LogP) is -1.16. The minimum Gasteiger partial charge on any atom is -0.390 e. The minimum atomic E-state index is -1.11. The van der Waals surface area contributed by atoms with Crippen molar-refractivity contribution >= 4 is 22.6 Å². The number of hydrogen-bond donors (Lipinski definition) is 3. The minimum absolute atomic E-state index is 0.157. The average molecular weight is 303 g/mol. The molecule has 1 aliphatic rings. The molecule has 78 valence electrons. The summed E-state index contributed by atoms with van der Waals surface area (Å²) in [4.78, 5) is 0. The second-order valence-corrected chi connectivity index (χ2v) is 4.47. The fraction of sp³-hybridized carbons (Fsp3) is 1.00. The molecule has 4 N–H and O–H groups in total. The number of ether oxygens (including phenoxy) is 2. The molecule has 6 heteroatoms. The highest BCUT2D eigenvalue weighted by Gasteiger charge is 2.41. The second kappa shape index (κ2) is 4.85. The predicted molar refractivity (Wildman–Crippen MR) is 54.5 cm³/mol. The summed E-state index contributed by atoms with van der Waals surface area (Å²) in [6.45, 7) is 0.342. The Balaban J connectivity index is 2.59. The Bertz CT molecular complexity index is 171. The third-order valence-corrected chi connectivity index (χ3v) is 3.59. The van der Waals surface area contributed by atoms with E-state index in [9.17, 15) is 10.2 Å². The topological polar surface area (TPSA) is 84.9 Å². The first-order chi connectivity index (χ1) is 6.07. The molecule has 0 bridgehead atoms. The van der Waals surface area contributed by atoms with Crippen molar-refractivity contribution < 1.29 is 19.7 Å². The smallest absolute Gasteiger partial charge is 0.172 e. The van der Waals surface area contributed by atoms with E-state index in [-0.39, 0.29) is 10.0 Å². The van der Waals surface area contributed by atoms with E-state index in [0.29, 0.717) is 6.61 Å². The van der Waals surface area contributed by atoms with E-state index in [1.54, 1.807) is 7.11 Å². The highest BCUT2D eigenvalue weighted by Crippen LogP contribution is 2.24. The van der Waals surface area contributed by atoms with Gasteiger partial charge in [0.15, 0.2) is 6.29 Å². The molecule has 0 aromatic rings. The fourth-order valence-electron chi connectivity index (χ4n) is 1.24. The Hall–Kier alpha value is 0.530. The van der Waals surface area contributed by atoms with Crippen molar-refractivity contribution in [3.63, 3.8) is 0 Å². The maximum Gasteiger partial charge on any atom is 0.172 e. The van der Waals surface area contributed by atoms with Crippen LogP contribution in [0.3, 0.4) is 0 Å². The van der Waals surface area contributed by atoms with Gasteiger partial charge in [0.1, 0.15) is 0 Å². The van der Waals surface area contributed by atoms with Gasteiger partial charge < -0.3 is 25.4 Å². The van der Waals surface area contributed by atoms with Gasteiger partial charge in [-0.1, -0.05) is 22.6 Å². The maximum atomic E-state index is 9.59. The molecule has 0 spiro atoms. The molecule has 1 aliphatic heterocycles. The average Bonchev–Trinajstić information content (AvgIpc) is 2.11. The second-order valence-electron chi connectivity index (χ2n) is 3.03. The van der Waals surface area contributed by atoms with Gasteiger partial charge in [-0.05, 0) is 0 Å². The summed E-state index contributed by atoms with van der Waals surface area (Å²) >= 11 is 2.05. The molecular formula is C7H14INO4. The third-order valence-electron chi connectivity index (χ3n) is 2.05. The number of aliphatic hydroxyl groups excluding tert-OH is 2. The van der Waals surface area contributed by atoms with Crippen LogP contribution in [0.25, 0.3) is 0 Å². The van der Waals surface area contributed by atoms with Crippen LogP contribution in [-0.4, -0.2) is 52.4 Å². The van der Waals surface area contributed by atoms with E-state index >= 15 is 0 Å². The molecule has 0 radical (unpaired) electrons. The van der Waals surface area contributed by atoms with Crippen LogP contribution in [-0.2, 0) is 9.47 Å². The van der Waals surface area contributed by atoms with E-state index in [1.165, 1.54) is 0 Å². The fourth-order valence-corrected chi connectivity index (χ4v) is 2.10. The van der Waals surface area contributed by atoms with Gasteiger partial charge in [0, 0.05) is 7.11 Å². The first-order valence-corrected chi connectivity index (χ1v) is 5.22. The molecule has 1 fully saturated rings. The van der Waals surface area contributed by atoms with Gasteiger partial charge in [-0.2, -0.15) is 0 Å². The molecule has 0 aromatic carbocycles. The van der Waals surface area contributed by atoms with Crippen molar-refractivity contribution in [3.8, 4) is 0 Å². The highest BCUT2D eigenvalue weighted by molar-refractivity contribution is 14.1. The summed E-state index contributed by atoms with van der Waals surface area (Å²) in [5.74, 6) is 0. The molecule has 1 saturated heterocycles. The molecule has 13 heavy (non-hydrogen) atoms. The SMILES string of the molecule is COCC1OC(O)C(N)C(O)C1I. The summed E-state index contributed by atoms with van der Waals surface area (Å²) in [5.41, 5.74) is 5.50. The van der Waals surface area contributed by atoms with Crippen LogP contribution in [0.4, 0.5) is 0 Å². The van der Waals surface area contributed by atoms with Crippen LogP contribution in [0.1, 0.15) is 0 Å². The molecule has 0 aliphatic carbocycles. The lowest BCUT2D eigenvalue weighted by Gasteiger charge is -2.38. The maximum absolute atomic E-state index is 9.59.